The zero-order valence-electron chi connectivity index (χ0n) is 8.56. The van der Waals surface area contributed by atoms with E-state index in [1.807, 2.05) is 0 Å². The first-order chi connectivity index (χ1) is 6.85. The van der Waals surface area contributed by atoms with Crippen molar-refractivity contribution in [2.75, 3.05) is 13.2 Å². The average Bonchev–Trinajstić information content (AvgIpc) is 2.01. The normalized spacial score (nSPS) is 13.7. The maximum absolute atomic E-state index is 11.6. The molecule has 4 nitrogen and oxygen atoms in total. The van der Waals surface area contributed by atoms with E-state index in [0.29, 0.717) is 0 Å². The molecule has 0 aliphatic carbocycles. The van der Waals surface area contributed by atoms with E-state index in [9.17, 15) is 18.0 Å². The van der Waals surface area contributed by atoms with Gasteiger partial charge in [0, 0.05) is 6.04 Å². The predicted molar refractivity (Wildman–Crippen MR) is 45.9 cm³/mol. The number of ether oxygens (including phenoxy) is 1. The van der Waals surface area contributed by atoms with Crippen molar-refractivity contribution in [3.63, 3.8) is 0 Å². The summed E-state index contributed by atoms with van der Waals surface area (Å²) in [7, 11) is 0. The number of esters is 1. The van der Waals surface area contributed by atoms with Crippen LogP contribution < -0.4 is 5.48 Å². The number of halogens is 3. The van der Waals surface area contributed by atoms with Crippen LogP contribution >= 0.6 is 0 Å². The standard InChI is InChI=1S/C8H14F3NO3/c1-3-14-7(13)4-6(2)12-15-5-8(9,10)11/h6,12H,3-5H2,1-2H3. The molecule has 0 spiro atoms. The number of alkyl halides is 3. The fraction of sp³-hybridized carbons (Fsp3) is 0.875. The molecule has 0 aromatic heterocycles. The smallest absolute Gasteiger partial charge is 0.413 e. The van der Waals surface area contributed by atoms with Crippen LogP contribution in [-0.2, 0) is 14.4 Å². The molecule has 0 heterocycles. The molecular formula is C8H14F3NO3. The number of nitrogens with one attached hydrogen (secondary N) is 1. The fourth-order valence-electron chi connectivity index (χ4n) is 0.777. The van der Waals surface area contributed by atoms with E-state index in [2.05, 4.69) is 15.1 Å². The Labute approximate surface area is 85.7 Å². The van der Waals surface area contributed by atoms with Gasteiger partial charge >= 0.3 is 12.1 Å². The van der Waals surface area contributed by atoms with Crippen LogP contribution in [0, 0.1) is 0 Å². The first-order valence-corrected chi connectivity index (χ1v) is 4.45. The lowest BCUT2D eigenvalue weighted by atomic mass is 10.2. The molecule has 0 amide bonds. The van der Waals surface area contributed by atoms with E-state index in [1.54, 1.807) is 6.92 Å². The molecule has 0 bridgehead atoms. The number of hydrogen-bond acceptors (Lipinski definition) is 4. The zero-order valence-corrected chi connectivity index (χ0v) is 8.56. The minimum Gasteiger partial charge on any atom is -0.466 e. The topological polar surface area (TPSA) is 47.6 Å². The predicted octanol–water partition coefficient (Wildman–Crippen LogP) is 1.41. The van der Waals surface area contributed by atoms with Crippen molar-refractivity contribution >= 4 is 5.97 Å². The van der Waals surface area contributed by atoms with Crippen LogP contribution in [0.1, 0.15) is 20.3 Å². The second kappa shape index (κ2) is 6.62. The van der Waals surface area contributed by atoms with Crippen LogP contribution in [0.4, 0.5) is 13.2 Å². The molecule has 0 saturated heterocycles. The number of rotatable bonds is 6. The number of hydroxylamine groups is 1. The summed E-state index contributed by atoms with van der Waals surface area (Å²) < 4.78 is 39.5. The lowest BCUT2D eigenvalue weighted by molar-refractivity contribution is -0.192. The molecule has 0 fully saturated rings. The first kappa shape index (κ1) is 14.2. The van der Waals surface area contributed by atoms with E-state index >= 15 is 0 Å². The van der Waals surface area contributed by atoms with Gasteiger partial charge in [0.05, 0.1) is 13.0 Å². The van der Waals surface area contributed by atoms with Crippen LogP contribution in [0.15, 0.2) is 0 Å². The van der Waals surface area contributed by atoms with Gasteiger partial charge in [-0.05, 0) is 13.8 Å². The summed E-state index contributed by atoms with van der Waals surface area (Å²) >= 11 is 0. The second-order valence-corrected chi connectivity index (χ2v) is 2.93. The fourth-order valence-corrected chi connectivity index (χ4v) is 0.777. The van der Waals surface area contributed by atoms with Crippen LogP contribution in [0.5, 0.6) is 0 Å². The summed E-state index contributed by atoms with van der Waals surface area (Å²) in [6.45, 7) is 2.03. The van der Waals surface area contributed by atoms with Gasteiger partial charge in [0.25, 0.3) is 0 Å². The molecule has 1 N–H and O–H groups in total. The first-order valence-electron chi connectivity index (χ1n) is 4.45. The molecule has 0 rings (SSSR count). The van der Waals surface area contributed by atoms with E-state index in [4.69, 9.17) is 0 Å². The van der Waals surface area contributed by atoms with E-state index in [-0.39, 0.29) is 13.0 Å². The summed E-state index contributed by atoms with van der Waals surface area (Å²) in [4.78, 5) is 15.0. The van der Waals surface area contributed by atoms with Gasteiger partial charge in [-0.15, -0.1) is 0 Å². The number of carbonyl (C=O) groups excluding carboxylic acids is 1. The van der Waals surface area contributed by atoms with Gasteiger partial charge in [0.2, 0.25) is 0 Å². The second-order valence-electron chi connectivity index (χ2n) is 2.93. The summed E-state index contributed by atoms with van der Waals surface area (Å²) in [5, 5.41) is 0. The van der Waals surface area contributed by atoms with Gasteiger partial charge in [-0.2, -0.15) is 18.7 Å². The SMILES string of the molecule is CCOC(=O)CC(C)NOCC(F)(F)F. The van der Waals surface area contributed by atoms with E-state index in [0.717, 1.165) is 0 Å². The molecule has 0 aliphatic rings. The Bertz CT molecular complexity index is 196. The third kappa shape index (κ3) is 9.48. The molecule has 7 heteroatoms. The lowest BCUT2D eigenvalue weighted by Gasteiger charge is -2.13. The third-order valence-electron chi connectivity index (χ3n) is 1.30. The monoisotopic (exact) mass is 229 g/mol. The van der Waals surface area contributed by atoms with Gasteiger partial charge < -0.3 is 4.74 Å². The van der Waals surface area contributed by atoms with Gasteiger partial charge in [-0.3, -0.25) is 9.63 Å². The van der Waals surface area contributed by atoms with Gasteiger partial charge in [-0.25, -0.2) is 0 Å². The summed E-state index contributed by atoms with van der Waals surface area (Å²) in [6.07, 6.45) is -4.41. The zero-order chi connectivity index (χ0) is 11.9. The Hall–Kier alpha value is -0.820. The van der Waals surface area contributed by atoms with Crippen LogP contribution in [0.25, 0.3) is 0 Å². The van der Waals surface area contributed by atoms with Crippen molar-refractivity contribution in [1.29, 1.82) is 0 Å². The Kier molecular flexibility index (Phi) is 6.26. The number of hydrogen-bond donors (Lipinski definition) is 1. The van der Waals surface area contributed by atoms with Crippen LogP contribution in [0.3, 0.4) is 0 Å². The van der Waals surface area contributed by atoms with E-state index < -0.39 is 24.8 Å². The molecule has 0 aromatic rings. The van der Waals surface area contributed by atoms with Crippen molar-refractivity contribution in [2.24, 2.45) is 0 Å². The summed E-state index contributed by atoms with van der Waals surface area (Å²) in [6, 6.07) is -0.522. The molecule has 0 radical (unpaired) electrons. The Morgan fingerprint density at radius 3 is 2.53 bits per heavy atom. The van der Waals surface area contributed by atoms with Crippen LogP contribution in [0.2, 0.25) is 0 Å². The maximum Gasteiger partial charge on any atom is 0.413 e. The van der Waals surface area contributed by atoms with Gasteiger partial charge in [-0.1, -0.05) is 0 Å². The Balaban J connectivity index is 3.57. The average molecular weight is 229 g/mol. The molecule has 0 aliphatic heterocycles. The molecule has 1 atom stereocenters. The highest BCUT2D eigenvalue weighted by Gasteiger charge is 2.28. The summed E-state index contributed by atoms with van der Waals surface area (Å²) in [5.41, 5.74) is 2.11. The molecule has 15 heavy (non-hydrogen) atoms. The van der Waals surface area contributed by atoms with Crippen molar-refractivity contribution in [1.82, 2.24) is 5.48 Å². The third-order valence-corrected chi connectivity index (χ3v) is 1.30. The highest BCUT2D eigenvalue weighted by Crippen LogP contribution is 2.13. The van der Waals surface area contributed by atoms with Crippen LogP contribution in [-0.4, -0.2) is 31.4 Å². The minimum absolute atomic E-state index is 0.0360. The molecule has 0 saturated carbocycles. The number of carbonyl (C=O) groups is 1. The molecular weight excluding hydrogens is 215 g/mol. The molecule has 0 aromatic carbocycles. The van der Waals surface area contributed by atoms with E-state index in [1.165, 1.54) is 6.92 Å². The van der Waals surface area contributed by atoms with Gasteiger partial charge in [0.1, 0.15) is 0 Å². The largest absolute Gasteiger partial charge is 0.466 e. The highest BCUT2D eigenvalue weighted by molar-refractivity contribution is 5.69. The lowest BCUT2D eigenvalue weighted by Crippen LogP contribution is -2.33. The van der Waals surface area contributed by atoms with Crippen molar-refractivity contribution < 1.29 is 27.5 Å². The van der Waals surface area contributed by atoms with Gasteiger partial charge in [0.15, 0.2) is 6.61 Å². The Morgan fingerprint density at radius 2 is 2.07 bits per heavy atom. The van der Waals surface area contributed by atoms with Crippen molar-refractivity contribution in [2.45, 2.75) is 32.5 Å². The maximum atomic E-state index is 11.6. The van der Waals surface area contributed by atoms with Crippen molar-refractivity contribution in [3.8, 4) is 0 Å². The quantitative estimate of drug-likeness (QED) is 0.552. The highest BCUT2D eigenvalue weighted by atomic mass is 19.4. The molecule has 90 valence electrons. The summed E-state index contributed by atoms with van der Waals surface area (Å²) in [5.74, 6) is -0.479. The molecule has 1 unspecified atom stereocenters. The minimum atomic E-state index is -4.38. The Morgan fingerprint density at radius 1 is 1.47 bits per heavy atom. The van der Waals surface area contributed by atoms with Crippen molar-refractivity contribution in [3.05, 3.63) is 0 Å².